The van der Waals surface area contributed by atoms with E-state index in [0.29, 0.717) is 69.6 Å². The lowest BCUT2D eigenvalue weighted by atomic mass is 9.96. The SMILES string of the molecule is O=C(C1CCOCC1)N1CC(Oc2cc(-n3c(C(F)F)nc4ccccc43)nc(N3CCOCC3)n2)C1. The van der Waals surface area contributed by atoms with E-state index in [4.69, 9.17) is 14.2 Å². The number of halogens is 2. The molecule has 0 unspecified atom stereocenters. The van der Waals surface area contributed by atoms with E-state index in [-0.39, 0.29) is 29.6 Å². The van der Waals surface area contributed by atoms with Gasteiger partial charge in [-0.1, -0.05) is 12.1 Å². The zero-order valence-corrected chi connectivity index (χ0v) is 20.3. The molecule has 6 rings (SSSR count). The van der Waals surface area contributed by atoms with Crippen LogP contribution in [0, 0.1) is 5.92 Å². The van der Waals surface area contributed by atoms with Gasteiger partial charge in [-0.05, 0) is 25.0 Å². The molecule has 0 N–H and O–H groups in total. The Kier molecular flexibility index (Phi) is 6.59. The number of nitrogens with zero attached hydrogens (tertiary/aromatic N) is 6. The normalized spacial score (nSPS) is 19.4. The van der Waals surface area contributed by atoms with Gasteiger partial charge < -0.3 is 24.0 Å². The number of ether oxygens (including phenoxy) is 3. The van der Waals surface area contributed by atoms with Gasteiger partial charge in [0.2, 0.25) is 17.7 Å². The van der Waals surface area contributed by atoms with Gasteiger partial charge in [0.1, 0.15) is 11.9 Å². The van der Waals surface area contributed by atoms with Crippen molar-refractivity contribution in [2.75, 3.05) is 57.5 Å². The molecule has 196 valence electrons. The van der Waals surface area contributed by atoms with Gasteiger partial charge in [-0.2, -0.15) is 9.97 Å². The molecule has 2 aromatic heterocycles. The van der Waals surface area contributed by atoms with Crippen LogP contribution in [0.3, 0.4) is 0 Å². The first-order chi connectivity index (χ1) is 18.1. The predicted molar refractivity (Wildman–Crippen MR) is 129 cm³/mol. The average Bonchev–Trinajstić information content (AvgIpc) is 3.31. The molecule has 1 aromatic carbocycles. The number of fused-ring (bicyclic) bond motifs is 1. The second kappa shape index (κ2) is 10.2. The molecule has 0 aliphatic carbocycles. The quantitative estimate of drug-likeness (QED) is 0.496. The molecule has 0 bridgehead atoms. The molecular formula is C25H28F2N6O4. The number of carbonyl (C=O) groups is 1. The summed E-state index contributed by atoms with van der Waals surface area (Å²) in [6.07, 6.45) is -1.55. The predicted octanol–water partition coefficient (Wildman–Crippen LogP) is 2.61. The van der Waals surface area contributed by atoms with Crippen molar-refractivity contribution in [1.82, 2.24) is 24.4 Å². The van der Waals surface area contributed by atoms with Gasteiger partial charge in [0.25, 0.3) is 6.43 Å². The number of aromatic nitrogens is 4. The molecule has 10 nitrogen and oxygen atoms in total. The van der Waals surface area contributed by atoms with Crippen molar-refractivity contribution in [3.8, 4) is 11.7 Å². The molecule has 3 aromatic rings. The molecule has 1 amide bonds. The van der Waals surface area contributed by atoms with Gasteiger partial charge in [-0.25, -0.2) is 13.8 Å². The topological polar surface area (TPSA) is 94.8 Å². The summed E-state index contributed by atoms with van der Waals surface area (Å²) in [6, 6.07) is 8.52. The van der Waals surface area contributed by atoms with E-state index in [1.165, 1.54) is 4.57 Å². The molecule has 12 heteroatoms. The maximum atomic E-state index is 14.0. The highest BCUT2D eigenvalue weighted by molar-refractivity contribution is 5.80. The van der Waals surface area contributed by atoms with E-state index in [1.807, 2.05) is 4.90 Å². The van der Waals surface area contributed by atoms with Gasteiger partial charge in [0.15, 0.2) is 5.82 Å². The minimum absolute atomic E-state index is 0.00411. The zero-order chi connectivity index (χ0) is 25.4. The molecular weight excluding hydrogens is 486 g/mol. The van der Waals surface area contributed by atoms with Gasteiger partial charge in [-0.3, -0.25) is 9.36 Å². The van der Waals surface area contributed by atoms with Crippen LogP contribution < -0.4 is 9.64 Å². The van der Waals surface area contributed by atoms with Gasteiger partial charge in [0.05, 0.1) is 37.3 Å². The number of morpholine rings is 1. The number of hydrogen-bond donors (Lipinski definition) is 0. The van der Waals surface area contributed by atoms with Crippen LogP contribution in [-0.2, 0) is 14.3 Å². The van der Waals surface area contributed by atoms with Gasteiger partial charge in [-0.15, -0.1) is 0 Å². The van der Waals surface area contributed by atoms with E-state index < -0.39 is 12.2 Å². The highest BCUT2D eigenvalue weighted by Gasteiger charge is 2.37. The van der Waals surface area contributed by atoms with Gasteiger partial charge in [0, 0.05) is 38.3 Å². The molecule has 0 atom stereocenters. The number of imidazole rings is 1. The van der Waals surface area contributed by atoms with Crippen molar-refractivity contribution in [2.24, 2.45) is 5.92 Å². The first kappa shape index (κ1) is 24.0. The molecule has 3 fully saturated rings. The number of hydrogen-bond acceptors (Lipinski definition) is 8. The van der Waals surface area contributed by atoms with E-state index in [0.717, 1.165) is 12.8 Å². The maximum absolute atomic E-state index is 14.0. The minimum Gasteiger partial charge on any atom is -0.470 e. The van der Waals surface area contributed by atoms with Crippen LogP contribution >= 0.6 is 0 Å². The smallest absolute Gasteiger partial charge is 0.296 e. The summed E-state index contributed by atoms with van der Waals surface area (Å²) in [4.78, 5) is 29.9. The number of likely N-dealkylation sites (tertiary alicyclic amines) is 1. The highest BCUT2D eigenvalue weighted by atomic mass is 19.3. The Labute approximate surface area is 212 Å². The van der Waals surface area contributed by atoms with Crippen molar-refractivity contribution in [3.05, 3.63) is 36.2 Å². The number of anilines is 1. The van der Waals surface area contributed by atoms with Crippen molar-refractivity contribution in [2.45, 2.75) is 25.4 Å². The monoisotopic (exact) mass is 514 g/mol. The van der Waals surface area contributed by atoms with Crippen LogP contribution in [0.25, 0.3) is 16.9 Å². The van der Waals surface area contributed by atoms with Crippen LogP contribution in [0.5, 0.6) is 5.88 Å². The molecule has 0 saturated carbocycles. The minimum atomic E-state index is -2.80. The summed E-state index contributed by atoms with van der Waals surface area (Å²) in [6.45, 7) is 4.33. The lowest BCUT2D eigenvalue weighted by Gasteiger charge is -2.41. The average molecular weight is 515 g/mol. The third kappa shape index (κ3) is 4.82. The summed E-state index contributed by atoms with van der Waals surface area (Å²) in [7, 11) is 0. The summed E-state index contributed by atoms with van der Waals surface area (Å²) in [5, 5.41) is 0. The van der Waals surface area contributed by atoms with Crippen LogP contribution in [-0.4, -0.2) is 89.0 Å². The first-order valence-electron chi connectivity index (χ1n) is 12.6. The van der Waals surface area contributed by atoms with Crippen molar-refractivity contribution >= 4 is 22.9 Å². The number of carbonyl (C=O) groups excluding carboxylic acids is 1. The first-order valence-corrected chi connectivity index (χ1v) is 12.6. The summed E-state index contributed by atoms with van der Waals surface area (Å²) >= 11 is 0. The van der Waals surface area contributed by atoms with E-state index in [9.17, 15) is 13.6 Å². The number of amides is 1. The largest absolute Gasteiger partial charge is 0.470 e. The third-order valence-electron chi connectivity index (χ3n) is 7.00. The third-order valence-corrected chi connectivity index (χ3v) is 7.00. The second-order valence-corrected chi connectivity index (χ2v) is 9.43. The Morgan fingerprint density at radius 3 is 2.49 bits per heavy atom. The molecule has 0 radical (unpaired) electrons. The Morgan fingerprint density at radius 2 is 1.73 bits per heavy atom. The Morgan fingerprint density at radius 1 is 1.00 bits per heavy atom. The fourth-order valence-corrected chi connectivity index (χ4v) is 4.98. The number of alkyl halides is 2. The Hall–Kier alpha value is -3.38. The van der Waals surface area contributed by atoms with Crippen LogP contribution in [0.1, 0.15) is 25.1 Å². The Bertz CT molecular complexity index is 1270. The van der Waals surface area contributed by atoms with E-state index in [1.54, 1.807) is 35.2 Å². The second-order valence-electron chi connectivity index (χ2n) is 9.43. The van der Waals surface area contributed by atoms with Crippen LogP contribution in [0.2, 0.25) is 0 Å². The molecule has 3 aliphatic heterocycles. The van der Waals surface area contributed by atoms with Crippen LogP contribution in [0.4, 0.5) is 14.7 Å². The summed E-state index contributed by atoms with van der Waals surface area (Å²) in [5.41, 5.74) is 0.973. The number of rotatable bonds is 6. The fourth-order valence-electron chi connectivity index (χ4n) is 4.98. The van der Waals surface area contributed by atoms with Crippen molar-refractivity contribution in [1.29, 1.82) is 0 Å². The molecule has 3 saturated heterocycles. The lowest BCUT2D eigenvalue weighted by molar-refractivity contribution is -0.147. The van der Waals surface area contributed by atoms with Crippen molar-refractivity contribution < 1.29 is 27.8 Å². The molecule has 3 aliphatic rings. The maximum Gasteiger partial charge on any atom is 0.296 e. The standard InChI is InChI=1S/C25H28F2N6O4/c26-22(27)23-28-18-3-1-2-4-19(18)33(23)20-13-21(30-25(29-20)31-7-11-36-12-8-31)37-17-14-32(15-17)24(34)16-5-9-35-10-6-16/h1-4,13,16-17,22H,5-12,14-15H2. The van der Waals surface area contributed by atoms with E-state index in [2.05, 4.69) is 15.0 Å². The molecule has 5 heterocycles. The fraction of sp³-hybridized carbons (Fsp3) is 0.520. The Balaban J connectivity index is 1.28. The molecule has 0 spiro atoms. The van der Waals surface area contributed by atoms with Crippen LogP contribution in [0.15, 0.2) is 30.3 Å². The summed E-state index contributed by atoms with van der Waals surface area (Å²) in [5.74, 6) is 0.638. The molecule has 37 heavy (non-hydrogen) atoms. The van der Waals surface area contributed by atoms with Crippen molar-refractivity contribution in [3.63, 3.8) is 0 Å². The summed E-state index contributed by atoms with van der Waals surface area (Å²) < 4.78 is 46.4. The number of para-hydroxylation sites is 2. The van der Waals surface area contributed by atoms with Gasteiger partial charge >= 0.3 is 0 Å². The number of benzene rings is 1. The zero-order valence-electron chi connectivity index (χ0n) is 20.3. The lowest BCUT2D eigenvalue weighted by Crippen LogP contribution is -2.58. The highest BCUT2D eigenvalue weighted by Crippen LogP contribution is 2.30. The van der Waals surface area contributed by atoms with E-state index >= 15 is 0 Å².